The van der Waals surface area contributed by atoms with Gasteiger partial charge in [0, 0.05) is 32.0 Å². The van der Waals surface area contributed by atoms with Gasteiger partial charge in [0.25, 0.3) is 0 Å². The molecule has 0 amide bonds. The van der Waals surface area contributed by atoms with E-state index in [9.17, 15) is 8.78 Å². The summed E-state index contributed by atoms with van der Waals surface area (Å²) in [5.74, 6) is -1.62. The van der Waals surface area contributed by atoms with Crippen LogP contribution in [0.2, 0.25) is 5.02 Å². The van der Waals surface area contributed by atoms with E-state index in [0.717, 1.165) is 12.1 Å². The minimum atomic E-state index is -0.605. The van der Waals surface area contributed by atoms with Gasteiger partial charge in [-0.25, -0.2) is 8.78 Å². The van der Waals surface area contributed by atoms with Crippen LogP contribution >= 0.6 is 11.6 Å². The average molecular weight is 290 g/mol. The smallest absolute Gasteiger partial charge is 0.171 e. The molecule has 2 aliphatic rings. The Kier molecular flexibility index (Phi) is 3.37. The lowest BCUT2D eigenvalue weighted by Gasteiger charge is -2.38. The van der Waals surface area contributed by atoms with Crippen molar-refractivity contribution in [1.29, 1.82) is 0 Å². The SMILES string of the molecule is Fc1cc(N2CCC3(CC2)OCCO3)c(F)cc1Cl. The molecule has 0 N–H and O–H groups in total. The molecule has 19 heavy (non-hydrogen) atoms. The Hall–Kier alpha value is -0.910. The zero-order chi connectivity index (χ0) is 13.5. The highest BCUT2D eigenvalue weighted by Gasteiger charge is 2.40. The van der Waals surface area contributed by atoms with Crippen LogP contribution in [0.1, 0.15) is 12.8 Å². The highest BCUT2D eigenvalue weighted by atomic mass is 35.5. The lowest BCUT2D eigenvalue weighted by molar-refractivity contribution is -0.169. The van der Waals surface area contributed by atoms with Gasteiger partial charge in [-0.2, -0.15) is 0 Å². The minimum absolute atomic E-state index is 0.197. The van der Waals surface area contributed by atoms with Crippen LogP contribution in [-0.2, 0) is 9.47 Å². The number of hydrogen-bond acceptors (Lipinski definition) is 3. The van der Waals surface area contributed by atoms with Crippen LogP contribution in [0.15, 0.2) is 12.1 Å². The van der Waals surface area contributed by atoms with E-state index in [1.54, 1.807) is 4.90 Å². The molecule has 0 saturated carbocycles. The molecule has 0 bridgehead atoms. The second-order valence-corrected chi connectivity index (χ2v) is 5.22. The third-order valence-electron chi connectivity index (χ3n) is 3.67. The van der Waals surface area contributed by atoms with Crippen molar-refractivity contribution in [2.75, 3.05) is 31.2 Å². The van der Waals surface area contributed by atoms with E-state index in [0.29, 0.717) is 39.1 Å². The Morgan fingerprint density at radius 2 is 1.68 bits per heavy atom. The molecule has 2 aliphatic heterocycles. The van der Waals surface area contributed by atoms with Gasteiger partial charge in [-0.15, -0.1) is 0 Å². The molecule has 3 nitrogen and oxygen atoms in total. The van der Waals surface area contributed by atoms with Crippen LogP contribution in [-0.4, -0.2) is 32.1 Å². The van der Waals surface area contributed by atoms with E-state index in [2.05, 4.69) is 0 Å². The maximum Gasteiger partial charge on any atom is 0.171 e. The third kappa shape index (κ3) is 2.42. The first-order chi connectivity index (χ1) is 9.10. The van der Waals surface area contributed by atoms with Gasteiger partial charge in [0.05, 0.1) is 23.9 Å². The van der Waals surface area contributed by atoms with E-state index < -0.39 is 17.4 Å². The summed E-state index contributed by atoms with van der Waals surface area (Å²) in [7, 11) is 0. The highest BCUT2D eigenvalue weighted by molar-refractivity contribution is 6.30. The van der Waals surface area contributed by atoms with Gasteiger partial charge in [0.1, 0.15) is 11.6 Å². The molecule has 0 unspecified atom stereocenters. The Labute approximate surface area is 115 Å². The zero-order valence-electron chi connectivity index (χ0n) is 10.3. The molecule has 1 spiro atoms. The molecule has 1 aromatic carbocycles. The van der Waals surface area contributed by atoms with Gasteiger partial charge in [-0.3, -0.25) is 0 Å². The lowest BCUT2D eigenvalue weighted by Crippen LogP contribution is -2.45. The zero-order valence-corrected chi connectivity index (χ0v) is 11.1. The number of rotatable bonds is 1. The van der Waals surface area contributed by atoms with Gasteiger partial charge < -0.3 is 14.4 Å². The number of hydrogen-bond donors (Lipinski definition) is 0. The number of anilines is 1. The Morgan fingerprint density at radius 3 is 2.32 bits per heavy atom. The third-order valence-corrected chi connectivity index (χ3v) is 3.96. The molecule has 2 heterocycles. The number of ether oxygens (including phenoxy) is 2. The average Bonchev–Trinajstić information content (AvgIpc) is 2.84. The number of piperidine rings is 1. The van der Waals surface area contributed by atoms with E-state index in [1.165, 1.54) is 0 Å². The summed E-state index contributed by atoms with van der Waals surface area (Å²) in [5, 5.41) is -0.197. The maximum absolute atomic E-state index is 13.8. The summed E-state index contributed by atoms with van der Waals surface area (Å²) in [6.07, 6.45) is 1.30. The van der Waals surface area contributed by atoms with Gasteiger partial charge in [0.15, 0.2) is 5.79 Å². The van der Waals surface area contributed by atoms with Crippen LogP contribution in [0, 0.1) is 11.6 Å². The van der Waals surface area contributed by atoms with Crippen molar-refractivity contribution in [2.45, 2.75) is 18.6 Å². The molecule has 0 aliphatic carbocycles. The predicted molar refractivity (Wildman–Crippen MR) is 67.5 cm³/mol. The molecular weight excluding hydrogens is 276 g/mol. The molecule has 2 fully saturated rings. The van der Waals surface area contributed by atoms with Crippen molar-refractivity contribution < 1.29 is 18.3 Å². The normalized spacial score (nSPS) is 22.2. The van der Waals surface area contributed by atoms with Crippen LogP contribution in [0.5, 0.6) is 0 Å². The van der Waals surface area contributed by atoms with Crippen LogP contribution in [0.3, 0.4) is 0 Å². The predicted octanol–water partition coefficient (Wildman–Crippen LogP) is 2.96. The van der Waals surface area contributed by atoms with Crippen LogP contribution in [0.25, 0.3) is 0 Å². The number of benzene rings is 1. The second kappa shape index (κ2) is 4.89. The molecule has 104 valence electrons. The number of halogens is 3. The topological polar surface area (TPSA) is 21.7 Å². The summed E-state index contributed by atoms with van der Waals surface area (Å²) >= 11 is 5.55. The minimum Gasteiger partial charge on any atom is -0.369 e. The fraction of sp³-hybridized carbons (Fsp3) is 0.538. The van der Waals surface area contributed by atoms with Crippen molar-refractivity contribution in [2.24, 2.45) is 0 Å². The molecule has 1 aromatic rings. The highest BCUT2D eigenvalue weighted by Crippen LogP contribution is 2.35. The fourth-order valence-electron chi connectivity index (χ4n) is 2.63. The quantitative estimate of drug-likeness (QED) is 0.742. The van der Waals surface area contributed by atoms with Gasteiger partial charge in [-0.1, -0.05) is 11.6 Å². The summed E-state index contributed by atoms with van der Waals surface area (Å²) in [6, 6.07) is 2.16. The standard InChI is InChI=1S/C13H14ClF2NO2/c14-9-7-11(16)12(8-10(9)15)17-3-1-13(2-4-17)18-5-6-19-13/h7-8H,1-6H2. The molecule has 0 aromatic heterocycles. The Balaban J connectivity index is 1.76. The lowest BCUT2D eigenvalue weighted by atomic mass is 10.0. The van der Waals surface area contributed by atoms with Crippen molar-refractivity contribution >= 4 is 17.3 Å². The molecular formula is C13H14ClF2NO2. The first-order valence-corrected chi connectivity index (χ1v) is 6.65. The summed E-state index contributed by atoms with van der Waals surface area (Å²) < 4.78 is 38.5. The summed E-state index contributed by atoms with van der Waals surface area (Å²) in [6.45, 7) is 2.34. The monoisotopic (exact) mass is 289 g/mol. The molecule has 0 radical (unpaired) electrons. The molecule has 3 rings (SSSR count). The molecule has 0 atom stereocenters. The second-order valence-electron chi connectivity index (χ2n) is 4.81. The number of nitrogens with zero attached hydrogens (tertiary/aromatic N) is 1. The Bertz CT molecular complexity index is 482. The first-order valence-electron chi connectivity index (χ1n) is 6.27. The van der Waals surface area contributed by atoms with Crippen molar-refractivity contribution in [3.05, 3.63) is 28.8 Å². The van der Waals surface area contributed by atoms with Crippen molar-refractivity contribution in [1.82, 2.24) is 0 Å². The van der Waals surface area contributed by atoms with E-state index >= 15 is 0 Å². The van der Waals surface area contributed by atoms with Gasteiger partial charge in [-0.05, 0) is 6.07 Å². The van der Waals surface area contributed by atoms with E-state index in [1.807, 2.05) is 0 Å². The summed E-state index contributed by atoms with van der Waals surface area (Å²) in [5.41, 5.74) is 0.245. The fourth-order valence-corrected chi connectivity index (χ4v) is 2.78. The molecule has 2 saturated heterocycles. The van der Waals surface area contributed by atoms with E-state index in [4.69, 9.17) is 21.1 Å². The van der Waals surface area contributed by atoms with Crippen molar-refractivity contribution in [3.63, 3.8) is 0 Å². The largest absolute Gasteiger partial charge is 0.369 e. The van der Waals surface area contributed by atoms with Gasteiger partial charge >= 0.3 is 0 Å². The van der Waals surface area contributed by atoms with Crippen LogP contribution < -0.4 is 4.90 Å². The Morgan fingerprint density at radius 1 is 1.05 bits per heavy atom. The molecule has 6 heteroatoms. The van der Waals surface area contributed by atoms with Crippen molar-refractivity contribution in [3.8, 4) is 0 Å². The summed E-state index contributed by atoms with van der Waals surface area (Å²) in [4.78, 5) is 1.80. The first kappa shape index (κ1) is 13.1. The van der Waals surface area contributed by atoms with Gasteiger partial charge in [0.2, 0.25) is 0 Å². The van der Waals surface area contributed by atoms with E-state index in [-0.39, 0.29) is 10.7 Å². The van der Waals surface area contributed by atoms with Crippen LogP contribution in [0.4, 0.5) is 14.5 Å². The maximum atomic E-state index is 13.8.